The van der Waals surface area contributed by atoms with Gasteiger partial charge in [0.2, 0.25) is 0 Å². The second-order valence-electron chi connectivity index (χ2n) is 10.5. The molecule has 6 heteroatoms. The van der Waals surface area contributed by atoms with Crippen LogP contribution in [0.5, 0.6) is 0 Å². The molecule has 0 spiro atoms. The fourth-order valence-electron chi connectivity index (χ4n) is 4.36. The first-order chi connectivity index (χ1) is 15.2. The number of urea groups is 1. The van der Waals surface area contributed by atoms with Gasteiger partial charge in [-0.2, -0.15) is 11.8 Å². The molecular formula is C26H36N2O2SSi. The van der Waals surface area contributed by atoms with Crippen LogP contribution in [-0.4, -0.2) is 53.8 Å². The highest BCUT2D eigenvalue weighted by molar-refractivity contribution is 8.00. The van der Waals surface area contributed by atoms with Crippen molar-refractivity contribution in [3.05, 3.63) is 71.8 Å². The number of hydrogen-bond donors (Lipinski definition) is 0. The molecule has 172 valence electrons. The standard InChI is InChI=1S/C26H36N2O2SSi/c1-26(2,3)32(4,5)30-18-23-24-22(19-31-23)27(16-20-12-8-6-9-13-20)25(29)28(24)17-21-14-10-7-11-15-21/h6-15,22-24H,16-19H2,1-5H3/t22-,23+,24-/m0/s1. The maximum atomic E-state index is 13.6. The average Bonchev–Trinajstić information content (AvgIpc) is 3.28. The zero-order chi connectivity index (χ0) is 22.9. The molecule has 2 aliphatic rings. The Kier molecular flexibility index (Phi) is 6.75. The molecule has 0 unspecified atom stereocenters. The Morgan fingerprint density at radius 3 is 2.00 bits per heavy atom. The lowest BCUT2D eigenvalue weighted by Crippen LogP contribution is -2.46. The first kappa shape index (κ1) is 23.4. The summed E-state index contributed by atoms with van der Waals surface area (Å²) in [6, 6.07) is 21.3. The monoisotopic (exact) mass is 468 g/mol. The van der Waals surface area contributed by atoms with E-state index in [2.05, 4.69) is 80.1 Å². The number of amides is 2. The molecule has 2 saturated heterocycles. The zero-order valence-electron chi connectivity index (χ0n) is 20.0. The summed E-state index contributed by atoms with van der Waals surface area (Å²) in [5.74, 6) is 0.972. The van der Waals surface area contributed by atoms with Gasteiger partial charge in [0.25, 0.3) is 0 Å². The van der Waals surface area contributed by atoms with Crippen molar-refractivity contribution in [2.24, 2.45) is 0 Å². The fraction of sp³-hybridized carbons (Fsp3) is 0.500. The molecule has 4 nitrogen and oxygen atoms in total. The van der Waals surface area contributed by atoms with Crippen molar-refractivity contribution in [1.82, 2.24) is 9.80 Å². The lowest BCUT2D eigenvalue weighted by molar-refractivity contribution is 0.177. The fourth-order valence-corrected chi connectivity index (χ4v) is 7.02. The SMILES string of the molecule is CC(C)(C)[Si](C)(C)OC[C@H]1SC[C@H]2[C@@H]1N(Cc1ccccc1)C(=O)N2Cc1ccccc1. The van der Waals surface area contributed by atoms with Crippen molar-refractivity contribution in [3.63, 3.8) is 0 Å². The van der Waals surface area contributed by atoms with Gasteiger partial charge in [0, 0.05) is 30.7 Å². The van der Waals surface area contributed by atoms with Gasteiger partial charge in [-0.25, -0.2) is 4.79 Å². The van der Waals surface area contributed by atoms with Gasteiger partial charge in [0.1, 0.15) is 0 Å². The summed E-state index contributed by atoms with van der Waals surface area (Å²) in [7, 11) is -1.84. The minimum absolute atomic E-state index is 0.158. The first-order valence-electron chi connectivity index (χ1n) is 11.6. The number of thioether (sulfide) groups is 1. The van der Waals surface area contributed by atoms with E-state index in [0.29, 0.717) is 18.3 Å². The molecular weight excluding hydrogens is 432 g/mol. The van der Waals surface area contributed by atoms with Gasteiger partial charge in [-0.1, -0.05) is 81.4 Å². The van der Waals surface area contributed by atoms with Crippen LogP contribution in [0.4, 0.5) is 4.79 Å². The van der Waals surface area contributed by atoms with E-state index in [-0.39, 0.29) is 23.2 Å². The third kappa shape index (κ3) is 4.77. The highest BCUT2D eigenvalue weighted by Gasteiger charge is 2.53. The Balaban J connectivity index is 1.56. The van der Waals surface area contributed by atoms with E-state index in [9.17, 15) is 4.79 Å². The van der Waals surface area contributed by atoms with Gasteiger partial charge in [-0.15, -0.1) is 0 Å². The highest BCUT2D eigenvalue weighted by Crippen LogP contribution is 2.43. The van der Waals surface area contributed by atoms with Crippen LogP contribution in [0.1, 0.15) is 31.9 Å². The number of carbonyl (C=O) groups is 1. The summed E-state index contributed by atoms with van der Waals surface area (Å²) in [6.07, 6.45) is 0. The zero-order valence-corrected chi connectivity index (χ0v) is 21.8. The van der Waals surface area contributed by atoms with E-state index in [0.717, 1.165) is 12.4 Å². The third-order valence-corrected chi connectivity index (χ3v) is 13.2. The lowest BCUT2D eigenvalue weighted by atomic mass is 10.1. The average molecular weight is 469 g/mol. The number of rotatable bonds is 7. The Bertz CT molecular complexity index is 916. The molecule has 3 atom stereocenters. The Labute approximate surface area is 198 Å². The van der Waals surface area contributed by atoms with Crippen molar-refractivity contribution in [2.75, 3.05) is 12.4 Å². The van der Waals surface area contributed by atoms with Gasteiger partial charge >= 0.3 is 6.03 Å². The lowest BCUT2D eigenvalue weighted by Gasteiger charge is -2.38. The molecule has 2 heterocycles. The molecule has 0 saturated carbocycles. The molecule has 0 aromatic heterocycles. The van der Waals surface area contributed by atoms with Crippen molar-refractivity contribution in [2.45, 2.75) is 69.3 Å². The summed E-state index contributed by atoms with van der Waals surface area (Å²) in [5.41, 5.74) is 2.37. The van der Waals surface area contributed by atoms with Crippen LogP contribution < -0.4 is 0 Å². The Morgan fingerprint density at radius 2 is 1.47 bits per heavy atom. The Morgan fingerprint density at radius 1 is 0.938 bits per heavy atom. The van der Waals surface area contributed by atoms with Crippen molar-refractivity contribution in [3.8, 4) is 0 Å². The molecule has 32 heavy (non-hydrogen) atoms. The number of fused-ring (bicyclic) bond motifs is 1. The predicted molar refractivity (Wildman–Crippen MR) is 136 cm³/mol. The van der Waals surface area contributed by atoms with E-state index in [1.54, 1.807) is 0 Å². The molecule has 2 aromatic carbocycles. The predicted octanol–water partition coefficient (Wildman–Crippen LogP) is 6.00. The minimum atomic E-state index is -1.84. The summed E-state index contributed by atoms with van der Waals surface area (Å²) < 4.78 is 6.63. The molecule has 0 radical (unpaired) electrons. The van der Waals surface area contributed by atoms with Crippen molar-refractivity contribution in [1.29, 1.82) is 0 Å². The van der Waals surface area contributed by atoms with E-state index >= 15 is 0 Å². The van der Waals surface area contributed by atoms with Crippen LogP contribution in [0.3, 0.4) is 0 Å². The van der Waals surface area contributed by atoms with Gasteiger partial charge in [-0.05, 0) is 29.3 Å². The largest absolute Gasteiger partial charge is 0.416 e. The van der Waals surface area contributed by atoms with Gasteiger partial charge in [-0.3, -0.25) is 0 Å². The Hall–Kier alpha value is -1.76. The molecule has 2 aliphatic heterocycles. The van der Waals surface area contributed by atoms with E-state index in [4.69, 9.17) is 4.43 Å². The van der Waals surface area contributed by atoms with Crippen molar-refractivity contribution >= 4 is 26.1 Å². The third-order valence-electron chi connectivity index (χ3n) is 7.31. The number of benzene rings is 2. The summed E-state index contributed by atoms with van der Waals surface area (Å²) in [6.45, 7) is 13.5. The molecule has 4 rings (SSSR count). The summed E-state index contributed by atoms with van der Waals surface area (Å²) >= 11 is 1.98. The number of carbonyl (C=O) groups excluding carboxylic acids is 1. The molecule has 2 fully saturated rings. The second kappa shape index (κ2) is 9.24. The molecule has 2 amide bonds. The van der Waals surface area contributed by atoms with Crippen LogP contribution in [-0.2, 0) is 17.5 Å². The van der Waals surface area contributed by atoms with Crippen LogP contribution in [0.2, 0.25) is 18.1 Å². The van der Waals surface area contributed by atoms with Crippen LogP contribution in [0, 0.1) is 0 Å². The summed E-state index contributed by atoms with van der Waals surface area (Å²) in [5, 5.41) is 0.493. The minimum Gasteiger partial charge on any atom is -0.416 e. The van der Waals surface area contributed by atoms with Crippen LogP contribution in [0.25, 0.3) is 0 Å². The quantitative estimate of drug-likeness (QED) is 0.369. The van der Waals surface area contributed by atoms with E-state index in [1.165, 1.54) is 11.1 Å². The maximum absolute atomic E-state index is 13.6. The van der Waals surface area contributed by atoms with Gasteiger partial charge < -0.3 is 14.2 Å². The molecule has 0 aliphatic carbocycles. The smallest absolute Gasteiger partial charge is 0.321 e. The van der Waals surface area contributed by atoms with Crippen LogP contribution >= 0.6 is 11.8 Å². The topological polar surface area (TPSA) is 32.8 Å². The molecule has 0 bridgehead atoms. The number of nitrogens with zero attached hydrogens (tertiary/aromatic N) is 2. The van der Waals surface area contributed by atoms with E-state index in [1.807, 2.05) is 36.0 Å². The second-order valence-corrected chi connectivity index (χ2v) is 16.6. The first-order valence-corrected chi connectivity index (χ1v) is 15.5. The number of hydrogen-bond acceptors (Lipinski definition) is 3. The van der Waals surface area contributed by atoms with E-state index < -0.39 is 8.32 Å². The summed E-state index contributed by atoms with van der Waals surface area (Å²) in [4.78, 5) is 17.9. The molecule has 0 N–H and O–H groups in total. The van der Waals surface area contributed by atoms with Gasteiger partial charge in [0.05, 0.1) is 12.1 Å². The van der Waals surface area contributed by atoms with Gasteiger partial charge in [0.15, 0.2) is 8.32 Å². The maximum Gasteiger partial charge on any atom is 0.321 e. The normalized spacial score (nSPS) is 23.7. The highest BCUT2D eigenvalue weighted by atomic mass is 32.2. The van der Waals surface area contributed by atoms with Crippen LogP contribution in [0.15, 0.2) is 60.7 Å². The van der Waals surface area contributed by atoms with Crippen molar-refractivity contribution < 1.29 is 9.22 Å². The molecule has 2 aromatic rings.